The van der Waals surface area contributed by atoms with Crippen LogP contribution in [0.3, 0.4) is 0 Å². The largest absolute Gasteiger partial charge is 0.486 e. The summed E-state index contributed by atoms with van der Waals surface area (Å²) in [6.07, 6.45) is 1.60. The third kappa shape index (κ3) is 4.96. The Morgan fingerprint density at radius 1 is 1.00 bits per heavy atom. The highest BCUT2D eigenvalue weighted by molar-refractivity contribution is 6.10. The summed E-state index contributed by atoms with van der Waals surface area (Å²) in [6.45, 7) is 2.72. The number of benzene rings is 2. The van der Waals surface area contributed by atoms with E-state index in [1.54, 1.807) is 53.3 Å². The van der Waals surface area contributed by atoms with Crippen LogP contribution in [-0.2, 0) is 13.2 Å². The Kier molecular flexibility index (Phi) is 6.08. The van der Waals surface area contributed by atoms with Gasteiger partial charge in [-0.25, -0.2) is 0 Å². The second kappa shape index (κ2) is 9.64. The number of fused-ring (bicyclic) bond motifs is 1. The van der Waals surface area contributed by atoms with Gasteiger partial charge in [-0.3, -0.25) is 14.3 Å². The molecule has 0 radical (unpaired) electrons. The number of nitrogens with one attached hydrogen (secondary N) is 2. The summed E-state index contributed by atoms with van der Waals surface area (Å²) in [4.78, 5) is 25.6. The van der Waals surface area contributed by atoms with E-state index in [-0.39, 0.29) is 30.5 Å². The number of furan rings is 1. The Morgan fingerprint density at radius 2 is 1.83 bits per heavy atom. The lowest BCUT2D eigenvalue weighted by Crippen LogP contribution is -2.17. The van der Waals surface area contributed by atoms with E-state index in [4.69, 9.17) is 18.6 Å². The van der Waals surface area contributed by atoms with Crippen molar-refractivity contribution in [1.82, 2.24) is 9.78 Å². The van der Waals surface area contributed by atoms with Crippen molar-refractivity contribution >= 4 is 23.2 Å². The molecule has 0 saturated carbocycles. The number of carbonyl (C=O) groups is 2. The molecule has 2 amide bonds. The third-order valence-corrected chi connectivity index (χ3v) is 5.19. The molecule has 10 nitrogen and oxygen atoms in total. The smallest absolute Gasteiger partial charge is 0.291 e. The number of para-hydroxylation sites is 1. The molecule has 3 heterocycles. The van der Waals surface area contributed by atoms with Gasteiger partial charge < -0.3 is 29.3 Å². The van der Waals surface area contributed by atoms with Gasteiger partial charge in [-0.2, -0.15) is 5.10 Å². The third-order valence-electron chi connectivity index (χ3n) is 5.19. The Morgan fingerprint density at radius 3 is 2.66 bits per heavy atom. The zero-order valence-electron chi connectivity index (χ0n) is 18.8. The van der Waals surface area contributed by atoms with Gasteiger partial charge in [-0.1, -0.05) is 18.2 Å². The maximum atomic E-state index is 12.8. The van der Waals surface area contributed by atoms with Gasteiger partial charge in [0.2, 0.25) is 6.79 Å². The van der Waals surface area contributed by atoms with Gasteiger partial charge in [0, 0.05) is 24.5 Å². The number of nitrogens with zero attached hydrogens (tertiary/aromatic N) is 2. The SMILES string of the molecule is CCn1cc(NC(=O)c2ccc(COc3ccc4c(c3)OCO4)o2)c(C(=O)Nc2ccccc2)n1. The first kappa shape index (κ1) is 22.1. The van der Waals surface area contributed by atoms with Gasteiger partial charge in [0.15, 0.2) is 23.0 Å². The van der Waals surface area contributed by atoms with Gasteiger partial charge in [-0.05, 0) is 43.3 Å². The minimum atomic E-state index is -0.510. The molecule has 0 fully saturated rings. The van der Waals surface area contributed by atoms with Crippen molar-refractivity contribution in [3.8, 4) is 17.2 Å². The highest BCUT2D eigenvalue weighted by Crippen LogP contribution is 2.35. The summed E-state index contributed by atoms with van der Waals surface area (Å²) in [7, 11) is 0. The number of ether oxygens (including phenoxy) is 3. The molecular weight excluding hydrogens is 452 g/mol. The molecule has 2 N–H and O–H groups in total. The number of aromatic nitrogens is 2. The van der Waals surface area contributed by atoms with Gasteiger partial charge in [0.25, 0.3) is 11.8 Å². The average molecular weight is 474 g/mol. The van der Waals surface area contributed by atoms with Crippen LogP contribution in [-0.4, -0.2) is 28.4 Å². The standard InChI is InChI=1S/C25H22N4O6/c1-2-29-13-19(23(28-29)25(31)26-16-6-4-3-5-7-16)27-24(30)21-11-9-18(35-21)14-32-17-8-10-20-22(12-17)34-15-33-20/h3-13H,2,14-15H2,1H3,(H,26,31)(H,27,30). The monoisotopic (exact) mass is 474 g/mol. The maximum absolute atomic E-state index is 12.8. The molecule has 0 saturated heterocycles. The molecule has 4 aromatic rings. The predicted octanol–water partition coefficient (Wildman–Crippen LogP) is 4.31. The number of carbonyl (C=O) groups excluding carboxylic acids is 2. The molecule has 1 aliphatic rings. The quantitative estimate of drug-likeness (QED) is 0.391. The zero-order valence-corrected chi connectivity index (χ0v) is 18.8. The first-order valence-corrected chi connectivity index (χ1v) is 11.0. The van der Waals surface area contributed by atoms with E-state index in [0.717, 1.165) is 0 Å². The molecule has 35 heavy (non-hydrogen) atoms. The average Bonchev–Trinajstić information content (AvgIpc) is 3.62. The fourth-order valence-electron chi connectivity index (χ4n) is 3.44. The summed E-state index contributed by atoms with van der Waals surface area (Å²) in [5, 5.41) is 9.78. The highest BCUT2D eigenvalue weighted by Gasteiger charge is 2.21. The number of hydrogen-bond donors (Lipinski definition) is 2. The molecule has 0 bridgehead atoms. The second-order valence-corrected chi connectivity index (χ2v) is 7.59. The first-order valence-electron chi connectivity index (χ1n) is 11.0. The van der Waals surface area contributed by atoms with E-state index in [2.05, 4.69) is 15.7 Å². The van der Waals surface area contributed by atoms with Crippen molar-refractivity contribution < 1.29 is 28.2 Å². The van der Waals surface area contributed by atoms with Crippen molar-refractivity contribution in [2.45, 2.75) is 20.1 Å². The number of hydrogen-bond acceptors (Lipinski definition) is 7. The van der Waals surface area contributed by atoms with Gasteiger partial charge in [0.05, 0.1) is 5.69 Å². The molecule has 5 rings (SSSR count). The van der Waals surface area contributed by atoms with Crippen LogP contribution in [0.15, 0.2) is 71.3 Å². The van der Waals surface area contributed by atoms with E-state index in [9.17, 15) is 9.59 Å². The molecule has 10 heteroatoms. The lowest BCUT2D eigenvalue weighted by Gasteiger charge is -2.06. The molecule has 178 valence electrons. The minimum absolute atomic E-state index is 0.0768. The van der Waals surface area contributed by atoms with E-state index < -0.39 is 11.8 Å². The number of amides is 2. The molecular formula is C25H22N4O6. The van der Waals surface area contributed by atoms with E-state index in [0.29, 0.717) is 35.2 Å². The lowest BCUT2D eigenvalue weighted by molar-refractivity contribution is 0.0992. The summed E-state index contributed by atoms with van der Waals surface area (Å²) in [5.41, 5.74) is 1.00. The molecule has 1 aliphatic heterocycles. The van der Waals surface area contributed by atoms with Crippen LogP contribution in [0.2, 0.25) is 0 Å². The van der Waals surface area contributed by atoms with Crippen molar-refractivity contribution in [3.63, 3.8) is 0 Å². The number of rotatable bonds is 8. The fraction of sp³-hybridized carbons (Fsp3) is 0.160. The first-order chi connectivity index (χ1) is 17.1. The number of anilines is 2. The Bertz CT molecular complexity index is 1360. The van der Waals surface area contributed by atoms with Crippen LogP contribution < -0.4 is 24.8 Å². The van der Waals surface area contributed by atoms with Gasteiger partial charge in [0.1, 0.15) is 18.1 Å². The van der Waals surface area contributed by atoms with Crippen LogP contribution in [0.1, 0.15) is 33.7 Å². The highest BCUT2D eigenvalue weighted by atomic mass is 16.7. The Balaban J connectivity index is 1.24. The molecule has 2 aromatic carbocycles. The van der Waals surface area contributed by atoms with Gasteiger partial charge in [-0.15, -0.1) is 0 Å². The zero-order chi connectivity index (χ0) is 24.2. The van der Waals surface area contributed by atoms with Crippen molar-refractivity contribution in [1.29, 1.82) is 0 Å². The molecule has 2 aromatic heterocycles. The van der Waals surface area contributed by atoms with Crippen LogP contribution in [0.25, 0.3) is 0 Å². The predicted molar refractivity (Wildman–Crippen MR) is 126 cm³/mol. The summed E-state index contributed by atoms with van der Waals surface area (Å²) in [5.74, 6) is 1.45. The van der Waals surface area contributed by atoms with E-state index in [1.165, 1.54) is 0 Å². The minimum Gasteiger partial charge on any atom is -0.486 e. The summed E-state index contributed by atoms with van der Waals surface area (Å²) < 4.78 is 23.6. The Labute approximate surface area is 200 Å². The topological polar surface area (TPSA) is 117 Å². The molecule has 0 unspecified atom stereocenters. The lowest BCUT2D eigenvalue weighted by atomic mass is 10.3. The normalized spacial score (nSPS) is 11.8. The molecule has 0 aliphatic carbocycles. The maximum Gasteiger partial charge on any atom is 0.291 e. The van der Waals surface area contributed by atoms with Crippen LogP contribution >= 0.6 is 0 Å². The second-order valence-electron chi connectivity index (χ2n) is 7.59. The van der Waals surface area contributed by atoms with Crippen LogP contribution in [0, 0.1) is 0 Å². The molecule has 0 atom stereocenters. The fourth-order valence-corrected chi connectivity index (χ4v) is 3.44. The summed E-state index contributed by atoms with van der Waals surface area (Å²) >= 11 is 0. The van der Waals surface area contributed by atoms with Crippen LogP contribution in [0.4, 0.5) is 11.4 Å². The summed E-state index contributed by atoms with van der Waals surface area (Å²) in [6, 6.07) is 17.5. The van der Waals surface area contributed by atoms with Crippen molar-refractivity contribution in [3.05, 3.63) is 84.1 Å². The Hall–Kier alpha value is -4.73. The van der Waals surface area contributed by atoms with Crippen molar-refractivity contribution in [2.75, 3.05) is 17.4 Å². The van der Waals surface area contributed by atoms with E-state index >= 15 is 0 Å². The molecule has 0 spiro atoms. The van der Waals surface area contributed by atoms with Crippen LogP contribution in [0.5, 0.6) is 17.2 Å². The van der Waals surface area contributed by atoms with Gasteiger partial charge >= 0.3 is 0 Å². The van der Waals surface area contributed by atoms with Crippen molar-refractivity contribution in [2.24, 2.45) is 0 Å². The van der Waals surface area contributed by atoms with E-state index in [1.807, 2.05) is 25.1 Å². The number of aryl methyl sites for hydroxylation is 1.